The summed E-state index contributed by atoms with van der Waals surface area (Å²) in [5.41, 5.74) is 0.324. The lowest BCUT2D eigenvalue weighted by Gasteiger charge is -2.29. The first kappa shape index (κ1) is 23.7. The average molecular weight is 487 g/mol. The molecule has 0 spiro atoms. The Kier molecular flexibility index (Phi) is 6.57. The van der Waals surface area contributed by atoms with Crippen molar-refractivity contribution in [3.8, 4) is 11.5 Å². The molecular formula is C24H21F3N3O3P. The van der Waals surface area contributed by atoms with E-state index in [-0.39, 0.29) is 22.9 Å². The van der Waals surface area contributed by atoms with E-state index < -0.39 is 11.7 Å². The molecule has 4 rings (SSSR count). The SMILES string of the molecule is CCC(=O)Nc1cccc(N2CCc3c(Oc4ccc(C(F)(F)F)cc4P)cccc3C2=O)n1. The molecule has 1 N–H and O–H groups in total. The van der Waals surface area contributed by atoms with E-state index in [1.807, 2.05) is 0 Å². The maximum Gasteiger partial charge on any atom is 0.416 e. The number of fused-ring (bicyclic) bond motifs is 1. The van der Waals surface area contributed by atoms with E-state index in [1.54, 1.807) is 43.3 Å². The fourth-order valence-electron chi connectivity index (χ4n) is 3.62. The lowest BCUT2D eigenvalue weighted by molar-refractivity contribution is -0.137. The van der Waals surface area contributed by atoms with Crippen LogP contribution in [0.1, 0.15) is 34.8 Å². The van der Waals surface area contributed by atoms with Gasteiger partial charge in [-0.25, -0.2) is 4.98 Å². The van der Waals surface area contributed by atoms with E-state index in [2.05, 4.69) is 19.5 Å². The number of anilines is 2. The summed E-state index contributed by atoms with van der Waals surface area (Å²) < 4.78 is 44.8. The second-order valence-electron chi connectivity index (χ2n) is 7.62. The van der Waals surface area contributed by atoms with Gasteiger partial charge in [-0.3, -0.25) is 14.5 Å². The van der Waals surface area contributed by atoms with Gasteiger partial charge in [0, 0.05) is 29.4 Å². The number of hydrogen-bond acceptors (Lipinski definition) is 4. The molecule has 0 radical (unpaired) electrons. The molecule has 34 heavy (non-hydrogen) atoms. The van der Waals surface area contributed by atoms with Crippen molar-refractivity contribution in [2.45, 2.75) is 25.9 Å². The monoisotopic (exact) mass is 487 g/mol. The number of hydrogen-bond donors (Lipinski definition) is 1. The molecule has 0 bridgehead atoms. The number of carbonyl (C=O) groups excluding carboxylic acids is 2. The minimum atomic E-state index is -4.45. The number of alkyl halides is 3. The standard InChI is InChI=1S/C24H21F3N3O3P/c1-2-22(31)29-20-7-4-8-21(28-20)30-12-11-15-16(23(30)32)5-3-6-17(15)33-18-10-9-14(13-19(18)34)24(25,26)27/h3-10,13H,2,11-12,34H2,1H3,(H,28,29,31). The molecule has 1 atom stereocenters. The number of benzene rings is 2. The number of rotatable bonds is 5. The van der Waals surface area contributed by atoms with Crippen LogP contribution < -0.4 is 20.3 Å². The molecular weight excluding hydrogens is 466 g/mol. The van der Waals surface area contributed by atoms with Gasteiger partial charge in [0.15, 0.2) is 0 Å². The minimum absolute atomic E-state index is 0.182. The maximum absolute atomic E-state index is 13.2. The molecule has 6 nitrogen and oxygen atoms in total. The van der Waals surface area contributed by atoms with Crippen molar-refractivity contribution in [2.24, 2.45) is 0 Å². The van der Waals surface area contributed by atoms with E-state index >= 15 is 0 Å². The summed E-state index contributed by atoms with van der Waals surface area (Å²) in [7, 11) is 2.25. The van der Waals surface area contributed by atoms with Crippen LogP contribution in [0.2, 0.25) is 0 Å². The van der Waals surface area contributed by atoms with E-state index in [0.29, 0.717) is 47.9 Å². The van der Waals surface area contributed by atoms with Crippen LogP contribution in [-0.2, 0) is 17.4 Å². The summed E-state index contributed by atoms with van der Waals surface area (Å²) in [5.74, 6) is 0.963. The minimum Gasteiger partial charge on any atom is -0.456 e. The number of carbonyl (C=O) groups is 2. The smallest absolute Gasteiger partial charge is 0.416 e. The molecule has 0 aliphatic carbocycles. The van der Waals surface area contributed by atoms with Gasteiger partial charge in [0.1, 0.15) is 23.1 Å². The predicted octanol–water partition coefficient (Wildman–Crippen LogP) is 4.94. The van der Waals surface area contributed by atoms with Gasteiger partial charge >= 0.3 is 6.18 Å². The number of ether oxygens (including phenoxy) is 1. The van der Waals surface area contributed by atoms with Gasteiger partial charge in [-0.1, -0.05) is 19.1 Å². The molecule has 3 aromatic rings. The zero-order chi connectivity index (χ0) is 24.5. The second-order valence-corrected chi connectivity index (χ2v) is 8.25. The van der Waals surface area contributed by atoms with Crippen molar-refractivity contribution in [1.82, 2.24) is 4.98 Å². The number of nitrogens with one attached hydrogen (secondary N) is 1. The van der Waals surface area contributed by atoms with Crippen LogP contribution in [0.25, 0.3) is 0 Å². The van der Waals surface area contributed by atoms with Gasteiger partial charge in [0.05, 0.1) is 5.56 Å². The third kappa shape index (κ3) is 4.89. The molecule has 1 aliphatic rings. The van der Waals surface area contributed by atoms with Crippen molar-refractivity contribution in [2.75, 3.05) is 16.8 Å². The highest BCUT2D eigenvalue weighted by Crippen LogP contribution is 2.35. The van der Waals surface area contributed by atoms with Gasteiger partial charge < -0.3 is 10.1 Å². The van der Waals surface area contributed by atoms with Crippen LogP contribution in [0.4, 0.5) is 24.8 Å². The van der Waals surface area contributed by atoms with Crippen LogP contribution in [0.15, 0.2) is 54.6 Å². The van der Waals surface area contributed by atoms with Crippen LogP contribution in [0.3, 0.4) is 0 Å². The van der Waals surface area contributed by atoms with Crippen molar-refractivity contribution >= 4 is 38.0 Å². The van der Waals surface area contributed by atoms with E-state index in [9.17, 15) is 22.8 Å². The summed E-state index contributed by atoms with van der Waals surface area (Å²) in [4.78, 5) is 30.8. The highest BCUT2D eigenvalue weighted by Gasteiger charge is 2.31. The predicted molar refractivity (Wildman–Crippen MR) is 126 cm³/mol. The van der Waals surface area contributed by atoms with Gasteiger partial charge in [-0.05, 0) is 48.9 Å². The fourth-order valence-corrected chi connectivity index (χ4v) is 3.95. The zero-order valence-electron chi connectivity index (χ0n) is 18.1. The third-order valence-corrected chi connectivity index (χ3v) is 5.80. The average Bonchev–Trinajstić information content (AvgIpc) is 2.80. The molecule has 2 heterocycles. The fraction of sp³-hybridized carbons (Fsp3) is 0.208. The number of nitrogens with zero attached hydrogens (tertiary/aromatic N) is 2. The Bertz CT molecular complexity index is 1260. The Morgan fingerprint density at radius 1 is 1.15 bits per heavy atom. The lowest BCUT2D eigenvalue weighted by atomic mass is 9.98. The third-order valence-electron chi connectivity index (χ3n) is 5.35. The highest BCUT2D eigenvalue weighted by atomic mass is 31.0. The molecule has 0 saturated carbocycles. The molecule has 176 valence electrons. The van der Waals surface area contributed by atoms with E-state index in [1.165, 1.54) is 11.0 Å². The topological polar surface area (TPSA) is 71.5 Å². The van der Waals surface area contributed by atoms with E-state index in [4.69, 9.17) is 4.74 Å². The maximum atomic E-state index is 13.2. The largest absolute Gasteiger partial charge is 0.456 e. The number of amides is 2. The molecule has 2 amide bonds. The Morgan fingerprint density at radius 3 is 2.62 bits per heavy atom. The molecule has 0 saturated heterocycles. The highest BCUT2D eigenvalue weighted by molar-refractivity contribution is 7.27. The second kappa shape index (κ2) is 9.43. The molecule has 0 fully saturated rings. The van der Waals surface area contributed by atoms with Gasteiger partial charge in [0.2, 0.25) is 5.91 Å². The molecule has 10 heteroatoms. The van der Waals surface area contributed by atoms with Gasteiger partial charge in [-0.2, -0.15) is 13.2 Å². The van der Waals surface area contributed by atoms with Crippen LogP contribution in [0, 0.1) is 0 Å². The summed E-state index contributed by atoms with van der Waals surface area (Å²) in [6.07, 6.45) is -3.69. The number of halogens is 3. The number of pyridine rings is 1. The Hall–Kier alpha value is -3.45. The first-order valence-corrected chi connectivity index (χ1v) is 11.1. The molecule has 1 unspecified atom stereocenters. The summed E-state index contributed by atoms with van der Waals surface area (Å²) in [6.45, 7) is 2.06. The van der Waals surface area contributed by atoms with Crippen molar-refractivity contribution < 1.29 is 27.5 Å². The first-order chi connectivity index (χ1) is 16.2. The Balaban J connectivity index is 1.59. The van der Waals surface area contributed by atoms with Crippen molar-refractivity contribution in [1.29, 1.82) is 0 Å². The van der Waals surface area contributed by atoms with Gasteiger partial charge in [-0.15, -0.1) is 9.24 Å². The zero-order valence-corrected chi connectivity index (χ0v) is 19.3. The Morgan fingerprint density at radius 2 is 1.91 bits per heavy atom. The summed E-state index contributed by atoms with van der Waals surface area (Å²) >= 11 is 0. The quantitative estimate of drug-likeness (QED) is 0.518. The molecule has 2 aromatic carbocycles. The van der Waals surface area contributed by atoms with E-state index in [0.717, 1.165) is 12.1 Å². The van der Waals surface area contributed by atoms with Crippen molar-refractivity contribution in [3.05, 3.63) is 71.3 Å². The molecule has 1 aromatic heterocycles. The van der Waals surface area contributed by atoms with Crippen molar-refractivity contribution in [3.63, 3.8) is 0 Å². The lowest BCUT2D eigenvalue weighted by Crippen LogP contribution is -2.38. The normalized spacial score (nSPS) is 13.4. The van der Waals surface area contributed by atoms with Crippen LogP contribution in [0.5, 0.6) is 11.5 Å². The van der Waals surface area contributed by atoms with Crippen LogP contribution in [-0.4, -0.2) is 23.3 Å². The van der Waals surface area contributed by atoms with Crippen LogP contribution >= 0.6 is 9.24 Å². The first-order valence-electron chi connectivity index (χ1n) is 10.5. The number of aromatic nitrogens is 1. The van der Waals surface area contributed by atoms with Gasteiger partial charge in [0.25, 0.3) is 5.91 Å². The summed E-state index contributed by atoms with van der Waals surface area (Å²) in [6, 6.07) is 13.3. The Labute approximate surface area is 196 Å². The molecule has 1 aliphatic heterocycles. The summed E-state index contributed by atoms with van der Waals surface area (Å²) in [5, 5.41) is 2.94.